The molecule has 2 atom stereocenters. The van der Waals surface area contributed by atoms with E-state index >= 15 is 0 Å². The summed E-state index contributed by atoms with van der Waals surface area (Å²) in [6.45, 7) is 7.21. The predicted octanol–water partition coefficient (Wildman–Crippen LogP) is 5.99. The highest BCUT2D eigenvalue weighted by Crippen LogP contribution is 2.45. The minimum absolute atomic E-state index is 0. The van der Waals surface area contributed by atoms with Crippen LogP contribution in [-0.4, -0.2) is 71.9 Å². The van der Waals surface area contributed by atoms with Crippen molar-refractivity contribution in [2.24, 2.45) is 0 Å². The van der Waals surface area contributed by atoms with Gasteiger partial charge in [-0.3, -0.25) is 4.79 Å². The number of nitrogens with zero attached hydrogens (tertiary/aromatic N) is 3. The first-order valence-electron chi connectivity index (χ1n) is 13.1. The Labute approximate surface area is 235 Å². The molecule has 3 aliphatic rings. The summed E-state index contributed by atoms with van der Waals surface area (Å²) in [5, 5.41) is 4.06. The van der Waals surface area contributed by atoms with Crippen LogP contribution in [0.2, 0.25) is 10.0 Å². The second-order valence-corrected chi connectivity index (χ2v) is 10.9. The third kappa shape index (κ3) is 5.73. The zero-order valence-electron chi connectivity index (χ0n) is 21.2. The lowest BCUT2D eigenvalue weighted by atomic mass is 9.84. The van der Waals surface area contributed by atoms with Gasteiger partial charge >= 0.3 is 6.03 Å². The molecule has 2 aromatic rings. The molecule has 2 saturated heterocycles. The van der Waals surface area contributed by atoms with Gasteiger partial charge in [-0.25, -0.2) is 4.79 Å². The van der Waals surface area contributed by atoms with Gasteiger partial charge in [0.1, 0.15) is 0 Å². The molecule has 0 aromatic heterocycles. The molecule has 0 spiro atoms. The standard InChI is InChI=1S/C28H34Cl2N4O2.ClH/c1-2-33-26(22-6-3-4-7-23(22)27(33)35)21(19-8-9-24(29)25(30)18-19)12-17-32-15-10-20(11-16-32)34-14-5-13-31-28(34)36;/h3-4,6-9,18,20-21,26H,2,5,10-17H2,1H3,(H,31,36);1H. The number of hydrogen-bond donors (Lipinski definition) is 1. The monoisotopic (exact) mass is 564 g/mol. The van der Waals surface area contributed by atoms with Crippen LogP contribution in [0, 0.1) is 0 Å². The van der Waals surface area contributed by atoms with E-state index in [0.717, 1.165) is 75.1 Å². The summed E-state index contributed by atoms with van der Waals surface area (Å²) in [5.74, 6) is 0.196. The van der Waals surface area contributed by atoms with E-state index in [4.69, 9.17) is 23.2 Å². The zero-order valence-corrected chi connectivity index (χ0v) is 23.5. The second kappa shape index (κ2) is 12.2. The summed E-state index contributed by atoms with van der Waals surface area (Å²) < 4.78 is 0. The van der Waals surface area contributed by atoms with Crippen molar-refractivity contribution in [2.45, 2.75) is 50.6 Å². The van der Waals surface area contributed by atoms with E-state index in [1.165, 1.54) is 0 Å². The van der Waals surface area contributed by atoms with E-state index in [9.17, 15) is 9.59 Å². The van der Waals surface area contributed by atoms with Crippen LogP contribution in [0.4, 0.5) is 4.79 Å². The number of piperidine rings is 1. The molecule has 200 valence electrons. The first-order chi connectivity index (χ1) is 17.5. The lowest BCUT2D eigenvalue weighted by Crippen LogP contribution is -2.54. The normalized spacial score (nSPS) is 21.4. The topological polar surface area (TPSA) is 55.9 Å². The number of amides is 3. The fourth-order valence-corrected chi connectivity index (χ4v) is 6.50. The van der Waals surface area contributed by atoms with Crippen LogP contribution in [0.1, 0.15) is 66.1 Å². The fraction of sp³-hybridized carbons (Fsp3) is 0.500. The molecule has 0 bridgehead atoms. The maximum Gasteiger partial charge on any atom is 0.317 e. The van der Waals surface area contributed by atoms with Crippen LogP contribution in [0.15, 0.2) is 42.5 Å². The van der Waals surface area contributed by atoms with Gasteiger partial charge in [0, 0.05) is 50.2 Å². The molecule has 2 fully saturated rings. The molecule has 37 heavy (non-hydrogen) atoms. The van der Waals surface area contributed by atoms with Gasteiger partial charge in [0.15, 0.2) is 0 Å². The molecule has 3 amide bonds. The molecule has 5 rings (SSSR count). The lowest BCUT2D eigenvalue weighted by molar-refractivity contribution is 0.0697. The van der Waals surface area contributed by atoms with Crippen molar-refractivity contribution in [2.75, 3.05) is 39.3 Å². The third-order valence-electron chi connectivity index (χ3n) is 8.07. The number of rotatable bonds is 7. The summed E-state index contributed by atoms with van der Waals surface area (Å²) >= 11 is 12.7. The van der Waals surface area contributed by atoms with Crippen LogP contribution < -0.4 is 5.32 Å². The lowest BCUT2D eigenvalue weighted by Gasteiger charge is -2.41. The average Bonchev–Trinajstić information content (AvgIpc) is 3.18. The SMILES string of the molecule is CCN1C(=O)c2ccccc2C1C(CCN1CCC(N2CCCNC2=O)CC1)c1ccc(Cl)c(Cl)c1.Cl. The average molecular weight is 566 g/mol. The second-order valence-electron chi connectivity index (χ2n) is 10.0. The molecule has 9 heteroatoms. The Morgan fingerprint density at radius 3 is 2.49 bits per heavy atom. The van der Waals surface area contributed by atoms with Crippen LogP contribution in [-0.2, 0) is 0 Å². The summed E-state index contributed by atoms with van der Waals surface area (Å²) in [6, 6.07) is 14.2. The summed E-state index contributed by atoms with van der Waals surface area (Å²) in [5.41, 5.74) is 3.00. The number of urea groups is 1. The highest BCUT2D eigenvalue weighted by molar-refractivity contribution is 6.42. The molecule has 2 aromatic carbocycles. The minimum atomic E-state index is -0.0365. The Hall–Kier alpha value is -1.99. The number of likely N-dealkylation sites (tertiary alicyclic amines) is 1. The Morgan fingerprint density at radius 1 is 1.03 bits per heavy atom. The van der Waals surface area contributed by atoms with Gasteiger partial charge in [0.25, 0.3) is 5.91 Å². The third-order valence-corrected chi connectivity index (χ3v) is 8.81. The van der Waals surface area contributed by atoms with E-state index < -0.39 is 0 Å². The van der Waals surface area contributed by atoms with Gasteiger partial charge in [0.2, 0.25) is 0 Å². The smallest absolute Gasteiger partial charge is 0.317 e. The Balaban J connectivity index is 0.00000320. The van der Waals surface area contributed by atoms with Crippen molar-refractivity contribution in [3.05, 3.63) is 69.2 Å². The largest absolute Gasteiger partial charge is 0.338 e. The highest BCUT2D eigenvalue weighted by Gasteiger charge is 2.41. The molecule has 3 aliphatic heterocycles. The van der Waals surface area contributed by atoms with E-state index in [1.54, 1.807) is 0 Å². The number of hydrogen-bond acceptors (Lipinski definition) is 3. The van der Waals surface area contributed by atoms with Gasteiger partial charge in [0.05, 0.1) is 16.1 Å². The van der Waals surface area contributed by atoms with Crippen molar-refractivity contribution in [1.29, 1.82) is 0 Å². The number of benzene rings is 2. The van der Waals surface area contributed by atoms with E-state index in [2.05, 4.69) is 22.3 Å². The van der Waals surface area contributed by atoms with Crippen LogP contribution in [0.5, 0.6) is 0 Å². The van der Waals surface area contributed by atoms with Crippen LogP contribution in [0.25, 0.3) is 0 Å². The Kier molecular flexibility index (Phi) is 9.28. The van der Waals surface area contributed by atoms with Gasteiger partial charge in [-0.1, -0.05) is 47.5 Å². The Morgan fingerprint density at radius 2 is 1.78 bits per heavy atom. The van der Waals surface area contributed by atoms with E-state index in [1.807, 2.05) is 47.1 Å². The molecule has 0 aliphatic carbocycles. The van der Waals surface area contributed by atoms with E-state index in [0.29, 0.717) is 22.6 Å². The van der Waals surface area contributed by atoms with Crippen molar-refractivity contribution in [3.8, 4) is 0 Å². The first kappa shape index (κ1) is 28.0. The molecular weight excluding hydrogens is 531 g/mol. The molecule has 0 saturated carbocycles. The van der Waals surface area contributed by atoms with E-state index in [-0.39, 0.29) is 36.3 Å². The Bertz CT molecular complexity index is 1120. The number of nitrogens with one attached hydrogen (secondary N) is 1. The molecule has 6 nitrogen and oxygen atoms in total. The molecule has 0 radical (unpaired) electrons. The zero-order chi connectivity index (χ0) is 25.2. The first-order valence-corrected chi connectivity index (χ1v) is 13.8. The van der Waals surface area contributed by atoms with Gasteiger partial charge < -0.3 is 20.0 Å². The number of carbonyl (C=O) groups excluding carboxylic acids is 2. The summed E-state index contributed by atoms with van der Waals surface area (Å²) in [6.07, 6.45) is 3.91. The van der Waals surface area contributed by atoms with Crippen molar-refractivity contribution >= 4 is 47.5 Å². The van der Waals surface area contributed by atoms with Crippen molar-refractivity contribution in [3.63, 3.8) is 0 Å². The fourth-order valence-electron chi connectivity index (χ4n) is 6.20. The van der Waals surface area contributed by atoms with Gasteiger partial charge in [-0.2, -0.15) is 0 Å². The maximum absolute atomic E-state index is 13.2. The minimum Gasteiger partial charge on any atom is -0.338 e. The van der Waals surface area contributed by atoms with Crippen LogP contribution >= 0.6 is 35.6 Å². The molecule has 3 heterocycles. The molecule has 1 N–H and O–H groups in total. The number of carbonyl (C=O) groups is 2. The number of fused-ring (bicyclic) bond motifs is 1. The highest BCUT2D eigenvalue weighted by atomic mass is 35.5. The number of halogens is 3. The van der Waals surface area contributed by atoms with Crippen LogP contribution in [0.3, 0.4) is 0 Å². The summed E-state index contributed by atoms with van der Waals surface area (Å²) in [4.78, 5) is 32.1. The van der Waals surface area contributed by atoms with Gasteiger partial charge in [-0.05, 0) is 68.5 Å². The molecular formula is C28H35Cl3N4O2. The quantitative estimate of drug-likeness (QED) is 0.449. The van der Waals surface area contributed by atoms with Crippen molar-refractivity contribution in [1.82, 2.24) is 20.0 Å². The predicted molar refractivity (Wildman–Crippen MR) is 151 cm³/mol. The molecule has 2 unspecified atom stereocenters. The van der Waals surface area contributed by atoms with Gasteiger partial charge in [-0.15, -0.1) is 12.4 Å². The summed E-state index contributed by atoms with van der Waals surface area (Å²) in [7, 11) is 0. The van der Waals surface area contributed by atoms with Crippen molar-refractivity contribution < 1.29 is 9.59 Å². The number of likely N-dealkylation sites (N-methyl/N-ethyl adjacent to an activating group) is 1. The maximum atomic E-state index is 13.2.